The number of nitrogens with zero attached hydrogens (tertiary/aromatic N) is 1. The van der Waals surface area contributed by atoms with Gasteiger partial charge in [0.1, 0.15) is 0 Å². The van der Waals surface area contributed by atoms with Crippen molar-refractivity contribution in [1.29, 1.82) is 0 Å². The molecule has 3 N–H and O–H groups in total. The van der Waals surface area contributed by atoms with E-state index in [4.69, 9.17) is 5.11 Å². The van der Waals surface area contributed by atoms with Gasteiger partial charge in [-0.2, -0.15) is 0 Å². The fourth-order valence-electron chi connectivity index (χ4n) is 3.04. The van der Waals surface area contributed by atoms with Gasteiger partial charge in [-0.1, -0.05) is 18.2 Å². The Bertz CT molecular complexity index is 821. The number of aromatic carboxylic acids is 1. The molecule has 1 aliphatic rings. The van der Waals surface area contributed by atoms with Crippen LogP contribution in [0.3, 0.4) is 0 Å². The van der Waals surface area contributed by atoms with Gasteiger partial charge < -0.3 is 20.6 Å². The molecule has 1 atom stereocenters. The smallest absolute Gasteiger partial charge is 0.335 e. The molecule has 0 saturated carbocycles. The summed E-state index contributed by atoms with van der Waals surface area (Å²) in [6.45, 7) is 0.952. The molecule has 0 radical (unpaired) electrons. The molecule has 0 aliphatic carbocycles. The van der Waals surface area contributed by atoms with E-state index in [0.29, 0.717) is 30.9 Å². The maximum absolute atomic E-state index is 12.5. The van der Waals surface area contributed by atoms with Crippen molar-refractivity contribution in [1.82, 2.24) is 4.90 Å². The van der Waals surface area contributed by atoms with Crippen LogP contribution >= 0.6 is 0 Å². The molecule has 7 heteroatoms. The Morgan fingerprint density at radius 2 is 1.59 bits per heavy atom. The van der Waals surface area contributed by atoms with Crippen molar-refractivity contribution in [2.24, 2.45) is 5.92 Å². The second kappa shape index (κ2) is 8.35. The molecule has 140 valence electrons. The van der Waals surface area contributed by atoms with Crippen LogP contribution in [0.15, 0.2) is 54.6 Å². The van der Waals surface area contributed by atoms with E-state index in [-0.39, 0.29) is 23.4 Å². The summed E-state index contributed by atoms with van der Waals surface area (Å²) in [6.07, 6.45) is 1.45. The van der Waals surface area contributed by atoms with Gasteiger partial charge in [0.25, 0.3) is 0 Å². The Morgan fingerprint density at radius 3 is 2.26 bits per heavy atom. The molecule has 1 saturated heterocycles. The van der Waals surface area contributed by atoms with Gasteiger partial charge in [-0.15, -0.1) is 0 Å². The van der Waals surface area contributed by atoms with Gasteiger partial charge in [-0.25, -0.2) is 9.59 Å². The summed E-state index contributed by atoms with van der Waals surface area (Å²) < 4.78 is 0. The van der Waals surface area contributed by atoms with Crippen molar-refractivity contribution < 1.29 is 19.5 Å². The molecule has 1 heterocycles. The number of anilines is 2. The third-order valence-electron chi connectivity index (χ3n) is 4.50. The average Bonchev–Trinajstić information content (AvgIpc) is 2.69. The predicted molar refractivity (Wildman–Crippen MR) is 102 cm³/mol. The van der Waals surface area contributed by atoms with E-state index in [1.807, 2.05) is 30.3 Å². The minimum Gasteiger partial charge on any atom is -0.478 e. The Morgan fingerprint density at radius 1 is 0.926 bits per heavy atom. The molecule has 2 aromatic carbocycles. The van der Waals surface area contributed by atoms with Crippen LogP contribution in [0.4, 0.5) is 16.2 Å². The Balaban J connectivity index is 1.57. The molecule has 1 aliphatic heterocycles. The van der Waals surface area contributed by atoms with Gasteiger partial charge >= 0.3 is 12.0 Å². The third-order valence-corrected chi connectivity index (χ3v) is 4.50. The third kappa shape index (κ3) is 4.84. The number of para-hydroxylation sites is 1. The highest BCUT2D eigenvalue weighted by atomic mass is 16.4. The van der Waals surface area contributed by atoms with Crippen molar-refractivity contribution in [3.63, 3.8) is 0 Å². The highest BCUT2D eigenvalue weighted by Crippen LogP contribution is 2.20. The number of amides is 3. The van der Waals surface area contributed by atoms with Crippen molar-refractivity contribution in [3.05, 3.63) is 60.2 Å². The van der Waals surface area contributed by atoms with Crippen LogP contribution in [0.1, 0.15) is 23.2 Å². The second-order valence-corrected chi connectivity index (χ2v) is 6.45. The highest BCUT2D eigenvalue weighted by Gasteiger charge is 2.28. The number of benzene rings is 2. The minimum absolute atomic E-state index is 0.162. The first-order valence-electron chi connectivity index (χ1n) is 8.78. The zero-order valence-corrected chi connectivity index (χ0v) is 14.7. The number of rotatable bonds is 4. The number of carboxylic acids is 1. The molecule has 3 amide bonds. The van der Waals surface area contributed by atoms with Crippen molar-refractivity contribution in [2.75, 3.05) is 23.7 Å². The van der Waals surface area contributed by atoms with Crippen molar-refractivity contribution in [3.8, 4) is 0 Å². The number of urea groups is 1. The quantitative estimate of drug-likeness (QED) is 0.772. The number of carbonyl (C=O) groups is 3. The number of likely N-dealkylation sites (tertiary alicyclic amines) is 1. The number of carboxylic acid groups (broad SMARTS) is 1. The first-order valence-corrected chi connectivity index (χ1v) is 8.78. The Hall–Kier alpha value is -3.35. The van der Waals surface area contributed by atoms with Crippen molar-refractivity contribution >= 4 is 29.3 Å². The van der Waals surface area contributed by atoms with Crippen LogP contribution in [0, 0.1) is 5.92 Å². The molecule has 7 nitrogen and oxygen atoms in total. The summed E-state index contributed by atoms with van der Waals surface area (Å²) in [5, 5.41) is 14.6. The summed E-state index contributed by atoms with van der Waals surface area (Å²) in [6, 6.07) is 15.0. The van der Waals surface area contributed by atoms with Gasteiger partial charge in [-0.05, 0) is 49.2 Å². The molecular weight excluding hydrogens is 346 g/mol. The average molecular weight is 367 g/mol. The molecule has 1 fully saturated rings. The van der Waals surface area contributed by atoms with Crippen LogP contribution in [0.25, 0.3) is 0 Å². The highest BCUT2D eigenvalue weighted by molar-refractivity contribution is 5.95. The molecule has 1 unspecified atom stereocenters. The van der Waals surface area contributed by atoms with Crippen LogP contribution in [-0.4, -0.2) is 41.0 Å². The molecule has 0 spiro atoms. The normalized spacial score (nSPS) is 16.4. The van der Waals surface area contributed by atoms with E-state index >= 15 is 0 Å². The molecule has 2 aromatic rings. The van der Waals surface area contributed by atoms with Gasteiger partial charge in [0.2, 0.25) is 5.91 Å². The maximum atomic E-state index is 12.5. The zero-order valence-electron chi connectivity index (χ0n) is 14.7. The van der Waals surface area contributed by atoms with E-state index < -0.39 is 5.97 Å². The molecule has 27 heavy (non-hydrogen) atoms. The standard InChI is InChI=1S/C20H21N3O4/c24-18(21-17-10-8-14(9-11-17)19(25)26)15-5-4-12-23(13-15)20(27)22-16-6-2-1-3-7-16/h1-3,6-11,15H,4-5,12-13H2,(H,21,24)(H,22,27)(H,25,26). The number of carbonyl (C=O) groups excluding carboxylic acids is 2. The van der Waals surface area contributed by atoms with Gasteiger partial charge in [0.05, 0.1) is 11.5 Å². The SMILES string of the molecule is O=C(O)c1ccc(NC(=O)C2CCCN(C(=O)Nc3ccccc3)C2)cc1. The lowest BCUT2D eigenvalue weighted by atomic mass is 9.97. The van der Waals surface area contributed by atoms with E-state index in [2.05, 4.69) is 10.6 Å². The topological polar surface area (TPSA) is 98.7 Å². The van der Waals surface area contributed by atoms with E-state index in [9.17, 15) is 14.4 Å². The zero-order chi connectivity index (χ0) is 19.2. The van der Waals surface area contributed by atoms with Crippen LogP contribution in [-0.2, 0) is 4.79 Å². The molecular formula is C20H21N3O4. The van der Waals surface area contributed by atoms with Crippen LogP contribution in [0.2, 0.25) is 0 Å². The number of hydrogen-bond acceptors (Lipinski definition) is 3. The summed E-state index contributed by atoms with van der Waals surface area (Å²) in [5.41, 5.74) is 1.41. The van der Waals surface area contributed by atoms with Gasteiger partial charge in [0.15, 0.2) is 0 Å². The Labute approximate surface area is 157 Å². The van der Waals surface area contributed by atoms with Crippen molar-refractivity contribution in [2.45, 2.75) is 12.8 Å². The first kappa shape index (κ1) is 18.4. The van der Waals surface area contributed by atoms with Gasteiger partial charge in [-0.3, -0.25) is 4.79 Å². The van der Waals surface area contributed by atoms with E-state index in [1.165, 1.54) is 12.1 Å². The van der Waals surface area contributed by atoms with E-state index in [1.54, 1.807) is 17.0 Å². The van der Waals surface area contributed by atoms with E-state index in [0.717, 1.165) is 6.42 Å². The fourth-order valence-corrected chi connectivity index (χ4v) is 3.04. The molecule has 0 bridgehead atoms. The van der Waals surface area contributed by atoms with Crippen LogP contribution in [0.5, 0.6) is 0 Å². The predicted octanol–water partition coefficient (Wildman–Crippen LogP) is 3.27. The summed E-state index contributed by atoms with van der Waals surface area (Å²) in [4.78, 5) is 37.5. The monoisotopic (exact) mass is 367 g/mol. The summed E-state index contributed by atoms with van der Waals surface area (Å²) in [5.74, 6) is -1.49. The number of piperidine rings is 1. The lowest BCUT2D eigenvalue weighted by Gasteiger charge is -2.32. The minimum atomic E-state index is -1.01. The molecule has 3 rings (SSSR count). The maximum Gasteiger partial charge on any atom is 0.335 e. The second-order valence-electron chi connectivity index (χ2n) is 6.45. The summed E-state index contributed by atoms with van der Waals surface area (Å²) in [7, 11) is 0. The molecule has 0 aromatic heterocycles. The largest absolute Gasteiger partial charge is 0.478 e. The van der Waals surface area contributed by atoms with Gasteiger partial charge in [0, 0.05) is 24.5 Å². The lowest BCUT2D eigenvalue weighted by Crippen LogP contribution is -2.45. The fraction of sp³-hybridized carbons (Fsp3) is 0.250. The number of nitrogens with one attached hydrogen (secondary N) is 2. The lowest BCUT2D eigenvalue weighted by molar-refractivity contribution is -0.121. The number of hydrogen-bond donors (Lipinski definition) is 3. The summed E-state index contributed by atoms with van der Waals surface area (Å²) >= 11 is 0. The first-order chi connectivity index (χ1) is 13.0. The Kier molecular flexibility index (Phi) is 5.71. The van der Waals surface area contributed by atoms with Crippen LogP contribution < -0.4 is 10.6 Å².